The maximum absolute atomic E-state index is 12.7. The Labute approximate surface area is 154 Å². The largest absolute Gasteiger partial charge is 0.370 e. The fourth-order valence-electron chi connectivity index (χ4n) is 3.33. The molecule has 0 aliphatic carbocycles. The molecule has 134 valence electrons. The van der Waals surface area contributed by atoms with Crippen molar-refractivity contribution in [1.29, 1.82) is 0 Å². The molecule has 1 N–H and O–H groups in total. The summed E-state index contributed by atoms with van der Waals surface area (Å²) in [4.78, 5) is 15.0. The molecule has 1 aromatic carbocycles. The van der Waals surface area contributed by atoms with Crippen LogP contribution >= 0.6 is 11.6 Å². The van der Waals surface area contributed by atoms with Crippen molar-refractivity contribution in [2.75, 3.05) is 18.0 Å². The third kappa shape index (κ3) is 3.82. The minimum Gasteiger partial charge on any atom is -0.370 e. The number of benzene rings is 1. The molecule has 2 aromatic rings. The van der Waals surface area contributed by atoms with Crippen LogP contribution < -0.4 is 10.2 Å². The lowest BCUT2D eigenvalue weighted by Crippen LogP contribution is -2.30. The molecule has 25 heavy (non-hydrogen) atoms. The minimum atomic E-state index is -0.102. The van der Waals surface area contributed by atoms with E-state index >= 15 is 0 Å². The summed E-state index contributed by atoms with van der Waals surface area (Å²) in [7, 11) is 1.90. The Kier molecular flexibility index (Phi) is 5.33. The second-order valence-corrected chi connectivity index (χ2v) is 7.13. The van der Waals surface area contributed by atoms with E-state index in [1.165, 1.54) is 19.3 Å². The van der Waals surface area contributed by atoms with Crippen LogP contribution in [0.5, 0.6) is 0 Å². The molecular formula is C19H25ClN4O. The van der Waals surface area contributed by atoms with Crippen LogP contribution in [0.3, 0.4) is 0 Å². The first kappa shape index (κ1) is 17.8. The van der Waals surface area contributed by atoms with E-state index in [1.807, 2.05) is 37.7 Å². The van der Waals surface area contributed by atoms with Crippen LogP contribution in [0.4, 0.5) is 5.69 Å². The van der Waals surface area contributed by atoms with Gasteiger partial charge in [0.05, 0.1) is 22.9 Å². The first-order valence-electron chi connectivity index (χ1n) is 8.81. The summed E-state index contributed by atoms with van der Waals surface area (Å²) < 4.78 is 1.81. The zero-order valence-corrected chi connectivity index (χ0v) is 15.8. The summed E-state index contributed by atoms with van der Waals surface area (Å²) in [5.74, 6) is -0.0920. The van der Waals surface area contributed by atoms with Crippen molar-refractivity contribution in [3.8, 4) is 0 Å². The molecule has 1 amide bonds. The van der Waals surface area contributed by atoms with Crippen molar-refractivity contribution >= 4 is 23.2 Å². The quantitative estimate of drug-likeness (QED) is 0.900. The second-order valence-electron chi connectivity index (χ2n) is 6.72. The van der Waals surface area contributed by atoms with Gasteiger partial charge in [-0.3, -0.25) is 9.48 Å². The molecule has 1 saturated heterocycles. The lowest BCUT2D eigenvalue weighted by molar-refractivity contribution is 0.0940. The third-order valence-electron chi connectivity index (χ3n) is 4.99. The molecule has 6 heteroatoms. The zero-order chi connectivity index (χ0) is 18.0. The van der Waals surface area contributed by atoms with E-state index in [-0.39, 0.29) is 11.9 Å². The van der Waals surface area contributed by atoms with Gasteiger partial charge < -0.3 is 10.2 Å². The monoisotopic (exact) mass is 360 g/mol. The van der Waals surface area contributed by atoms with Crippen LogP contribution in [0.2, 0.25) is 5.02 Å². The normalized spacial score (nSPS) is 15.9. The summed E-state index contributed by atoms with van der Waals surface area (Å²) in [5, 5.41) is 8.01. The van der Waals surface area contributed by atoms with Gasteiger partial charge in [0.15, 0.2) is 0 Å². The van der Waals surface area contributed by atoms with Crippen molar-refractivity contribution in [3.63, 3.8) is 0 Å². The molecule has 3 rings (SSSR count). The van der Waals surface area contributed by atoms with E-state index in [2.05, 4.69) is 15.3 Å². The van der Waals surface area contributed by atoms with E-state index < -0.39 is 0 Å². The van der Waals surface area contributed by atoms with Crippen molar-refractivity contribution in [2.24, 2.45) is 7.05 Å². The molecule has 0 bridgehead atoms. The lowest BCUT2D eigenvalue weighted by Gasteiger charge is -2.30. The summed E-state index contributed by atoms with van der Waals surface area (Å²) in [6, 6.07) is 5.41. The Morgan fingerprint density at radius 2 is 2.00 bits per heavy atom. The predicted molar refractivity (Wildman–Crippen MR) is 101 cm³/mol. The SMILES string of the molecule is Cc1c(C(C)NC(=O)c2ccc(Cl)c(N3CCCCC3)c2)cnn1C. The Bertz CT molecular complexity index is 765. The number of nitrogens with zero attached hydrogens (tertiary/aromatic N) is 3. The summed E-state index contributed by atoms with van der Waals surface area (Å²) in [6.07, 6.45) is 5.41. The molecule has 2 heterocycles. The number of rotatable bonds is 4. The number of carbonyl (C=O) groups is 1. The highest BCUT2D eigenvalue weighted by molar-refractivity contribution is 6.33. The van der Waals surface area contributed by atoms with Crippen LogP contribution in [0, 0.1) is 6.92 Å². The number of aromatic nitrogens is 2. The van der Waals surface area contributed by atoms with Gasteiger partial charge in [0.2, 0.25) is 0 Å². The molecule has 1 atom stereocenters. The average molecular weight is 361 g/mol. The molecule has 1 unspecified atom stereocenters. The van der Waals surface area contributed by atoms with Crippen molar-refractivity contribution in [1.82, 2.24) is 15.1 Å². The van der Waals surface area contributed by atoms with Crippen LogP contribution in [0.25, 0.3) is 0 Å². The minimum absolute atomic E-state index is 0.0920. The average Bonchev–Trinajstić information content (AvgIpc) is 2.95. The number of aryl methyl sites for hydroxylation is 1. The number of halogens is 1. The molecule has 1 aromatic heterocycles. The van der Waals surface area contributed by atoms with Crippen LogP contribution in [0.15, 0.2) is 24.4 Å². The summed E-state index contributed by atoms with van der Waals surface area (Å²) >= 11 is 6.38. The third-order valence-corrected chi connectivity index (χ3v) is 5.31. The molecule has 1 aliphatic rings. The highest BCUT2D eigenvalue weighted by atomic mass is 35.5. The van der Waals surface area contributed by atoms with E-state index in [0.29, 0.717) is 10.6 Å². The molecule has 0 spiro atoms. The highest BCUT2D eigenvalue weighted by Gasteiger charge is 2.19. The molecule has 1 fully saturated rings. The molecule has 1 aliphatic heterocycles. The Morgan fingerprint density at radius 3 is 2.64 bits per heavy atom. The van der Waals surface area contributed by atoms with Gasteiger partial charge in [-0.05, 0) is 51.3 Å². The van der Waals surface area contributed by atoms with Gasteiger partial charge >= 0.3 is 0 Å². The first-order chi connectivity index (χ1) is 12.0. The number of nitrogens with one attached hydrogen (secondary N) is 1. The second kappa shape index (κ2) is 7.48. The van der Waals surface area contributed by atoms with E-state index in [0.717, 1.165) is 30.0 Å². The van der Waals surface area contributed by atoms with Crippen molar-refractivity contribution < 1.29 is 4.79 Å². The maximum atomic E-state index is 12.7. The van der Waals surface area contributed by atoms with Gasteiger partial charge in [0.25, 0.3) is 5.91 Å². The number of piperidine rings is 1. The van der Waals surface area contributed by atoms with Crippen molar-refractivity contribution in [3.05, 3.63) is 46.2 Å². The van der Waals surface area contributed by atoms with Gasteiger partial charge in [0, 0.05) is 37.0 Å². The fraction of sp³-hybridized carbons (Fsp3) is 0.474. The molecule has 0 saturated carbocycles. The lowest BCUT2D eigenvalue weighted by atomic mass is 10.1. The Balaban J connectivity index is 1.76. The van der Waals surface area contributed by atoms with Gasteiger partial charge in [0.1, 0.15) is 0 Å². The fourth-order valence-corrected chi connectivity index (χ4v) is 3.57. The summed E-state index contributed by atoms with van der Waals surface area (Å²) in [6.45, 7) is 5.97. The van der Waals surface area contributed by atoms with Gasteiger partial charge in [-0.2, -0.15) is 5.10 Å². The Hall–Kier alpha value is -2.01. The predicted octanol–water partition coefficient (Wildman–Crippen LogP) is 3.86. The molecular weight excluding hydrogens is 336 g/mol. The van der Waals surface area contributed by atoms with E-state index in [4.69, 9.17) is 11.6 Å². The maximum Gasteiger partial charge on any atom is 0.251 e. The van der Waals surface area contributed by atoms with Crippen LogP contribution in [-0.4, -0.2) is 28.8 Å². The number of anilines is 1. The number of carbonyl (C=O) groups excluding carboxylic acids is 1. The van der Waals surface area contributed by atoms with Gasteiger partial charge in [-0.1, -0.05) is 11.6 Å². The molecule has 0 radical (unpaired) electrons. The van der Waals surface area contributed by atoms with Gasteiger partial charge in [-0.15, -0.1) is 0 Å². The zero-order valence-electron chi connectivity index (χ0n) is 15.1. The summed E-state index contributed by atoms with van der Waals surface area (Å²) in [5.41, 5.74) is 3.68. The number of amides is 1. The molecule has 5 nitrogen and oxygen atoms in total. The Morgan fingerprint density at radius 1 is 1.28 bits per heavy atom. The van der Waals surface area contributed by atoms with E-state index in [9.17, 15) is 4.79 Å². The smallest absolute Gasteiger partial charge is 0.251 e. The topological polar surface area (TPSA) is 50.2 Å². The van der Waals surface area contributed by atoms with E-state index in [1.54, 1.807) is 12.3 Å². The number of hydrogen-bond acceptors (Lipinski definition) is 3. The number of hydrogen-bond donors (Lipinski definition) is 1. The van der Waals surface area contributed by atoms with Gasteiger partial charge in [-0.25, -0.2) is 0 Å². The highest BCUT2D eigenvalue weighted by Crippen LogP contribution is 2.29. The van der Waals surface area contributed by atoms with Crippen LogP contribution in [-0.2, 0) is 7.05 Å². The van der Waals surface area contributed by atoms with Crippen molar-refractivity contribution in [2.45, 2.75) is 39.2 Å². The van der Waals surface area contributed by atoms with Crippen LogP contribution in [0.1, 0.15) is 53.8 Å². The first-order valence-corrected chi connectivity index (χ1v) is 9.19. The standard InChI is InChI=1S/C19H25ClN4O/c1-13(16-12-21-23(3)14(16)2)22-19(25)15-7-8-17(20)18(11-15)24-9-5-4-6-10-24/h7-8,11-13H,4-6,9-10H2,1-3H3,(H,22,25).